The number of aryl methyl sites for hydroxylation is 1. The van der Waals surface area contributed by atoms with Crippen molar-refractivity contribution in [3.8, 4) is 11.5 Å². The summed E-state index contributed by atoms with van der Waals surface area (Å²) in [6.07, 6.45) is 1.81. The summed E-state index contributed by atoms with van der Waals surface area (Å²) in [4.78, 5) is 17.0. The highest BCUT2D eigenvalue weighted by molar-refractivity contribution is 9.10. The summed E-state index contributed by atoms with van der Waals surface area (Å²) in [7, 11) is 3.16. The zero-order chi connectivity index (χ0) is 18.0. The standard InChI is InChI=1S/C19H16BrNO3S/c1-11-4-6-12(7-5-11)19-21-18(22)17(25-19)9-13-8-15(23-2)16(24-3)10-14(13)20/h4-10H,1-3H3/b17-9-. The van der Waals surface area contributed by atoms with Crippen molar-refractivity contribution in [2.45, 2.75) is 6.92 Å². The number of ether oxygens (including phenoxy) is 2. The van der Waals surface area contributed by atoms with Crippen molar-refractivity contribution in [1.29, 1.82) is 0 Å². The number of carbonyl (C=O) groups excluding carboxylic acids is 1. The Bertz CT molecular complexity index is 888. The second-order valence-electron chi connectivity index (χ2n) is 5.43. The van der Waals surface area contributed by atoms with Crippen molar-refractivity contribution in [2.24, 2.45) is 4.99 Å². The van der Waals surface area contributed by atoms with Crippen LogP contribution in [0.3, 0.4) is 0 Å². The summed E-state index contributed by atoms with van der Waals surface area (Å²) in [5.74, 6) is 0.994. The van der Waals surface area contributed by atoms with Crippen LogP contribution >= 0.6 is 27.7 Å². The summed E-state index contributed by atoms with van der Waals surface area (Å²) < 4.78 is 11.4. The molecular formula is C19H16BrNO3S. The number of amides is 1. The highest BCUT2D eigenvalue weighted by Gasteiger charge is 2.23. The average molecular weight is 418 g/mol. The Labute approximate surface area is 159 Å². The maximum atomic E-state index is 12.3. The summed E-state index contributed by atoms with van der Waals surface area (Å²) in [6.45, 7) is 2.03. The van der Waals surface area contributed by atoms with E-state index >= 15 is 0 Å². The van der Waals surface area contributed by atoms with Crippen LogP contribution in [0.25, 0.3) is 6.08 Å². The van der Waals surface area contributed by atoms with Crippen molar-refractivity contribution >= 4 is 44.7 Å². The summed E-state index contributed by atoms with van der Waals surface area (Å²) in [5.41, 5.74) is 2.94. The van der Waals surface area contributed by atoms with Crippen LogP contribution in [-0.4, -0.2) is 25.2 Å². The van der Waals surface area contributed by atoms with Crippen molar-refractivity contribution in [2.75, 3.05) is 14.2 Å². The Balaban J connectivity index is 1.91. The Kier molecular flexibility index (Phi) is 5.30. The molecule has 6 heteroatoms. The van der Waals surface area contributed by atoms with Gasteiger partial charge in [0, 0.05) is 10.0 Å². The molecule has 1 heterocycles. The maximum Gasteiger partial charge on any atom is 0.284 e. The molecule has 0 atom stereocenters. The van der Waals surface area contributed by atoms with Gasteiger partial charge < -0.3 is 9.47 Å². The molecule has 0 unspecified atom stereocenters. The minimum absolute atomic E-state index is 0.234. The minimum Gasteiger partial charge on any atom is -0.493 e. The van der Waals surface area contributed by atoms with E-state index in [1.54, 1.807) is 14.2 Å². The van der Waals surface area contributed by atoms with Gasteiger partial charge in [0.05, 0.1) is 19.1 Å². The first-order valence-corrected chi connectivity index (χ1v) is 9.14. The van der Waals surface area contributed by atoms with Crippen LogP contribution in [0, 0.1) is 6.92 Å². The number of nitrogens with zero attached hydrogens (tertiary/aromatic N) is 1. The predicted octanol–water partition coefficient (Wildman–Crippen LogP) is 4.84. The number of hydrogen-bond donors (Lipinski definition) is 0. The lowest BCUT2D eigenvalue weighted by Crippen LogP contribution is -1.93. The van der Waals surface area contributed by atoms with Gasteiger partial charge in [-0.25, -0.2) is 4.99 Å². The molecule has 0 aliphatic carbocycles. The molecular weight excluding hydrogens is 402 g/mol. The molecule has 0 saturated heterocycles. The van der Waals surface area contributed by atoms with E-state index in [-0.39, 0.29) is 5.91 Å². The van der Waals surface area contributed by atoms with Gasteiger partial charge in [-0.15, -0.1) is 0 Å². The molecule has 0 N–H and O–H groups in total. The van der Waals surface area contributed by atoms with Crippen molar-refractivity contribution in [1.82, 2.24) is 0 Å². The van der Waals surface area contributed by atoms with Crippen LogP contribution in [0.5, 0.6) is 11.5 Å². The van der Waals surface area contributed by atoms with E-state index in [9.17, 15) is 4.79 Å². The monoisotopic (exact) mass is 417 g/mol. The molecule has 0 bridgehead atoms. The van der Waals surface area contributed by atoms with Crippen LogP contribution in [0.4, 0.5) is 0 Å². The normalized spacial score (nSPS) is 15.4. The van der Waals surface area contributed by atoms with Crippen LogP contribution < -0.4 is 9.47 Å². The molecule has 1 aliphatic rings. The summed E-state index contributed by atoms with van der Waals surface area (Å²) in [6, 6.07) is 11.6. The molecule has 128 valence electrons. The summed E-state index contributed by atoms with van der Waals surface area (Å²) >= 11 is 4.88. The number of hydrogen-bond acceptors (Lipinski definition) is 4. The van der Waals surface area contributed by atoms with Crippen molar-refractivity contribution in [3.63, 3.8) is 0 Å². The van der Waals surface area contributed by atoms with E-state index < -0.39 is 0 Å². The number of methoxy groups -OCH3 is 2. The molecule has 1 aliphatic heterocycles. The molecule has 0 spiro atoms. The van der Waals surface area contributed by atoms with Crippen LogP contribution in [0.15, 0.2) is 50.8 Å². The van der Waals surface area contributed by atoms with Gasteiger partial charge in [-0.2, -0.15) is 0 Å². The number of halogens is 1. The third-order valence-electron chi connectivity index (χ3n) is 3.71. The zero-order valence-electron chi connectivity index (χ0n) is 14.0. The molecule has 3 rings (SSSR count). The Hall–Kier alpha value is -2.05. The van der Waals surface area contributed by atoms with Gasteiger partial charge in [0.15, 0.2) is 11.5 Å². The van der Waals surface area contributed by atoms with E-state index in [1.807, 2.05) is 49.4 Å². The molecule has 2 aromatic rings. The number of thioether (sulfide) groups is 1. The third-order valence-corrected chi connectivity index (χ3v) is 5.43. The van der Waals surface area contributed by atoms with Gasteiger partial charge >= 0.3 is 0 Å². The van der Waals surface area contributed by atoms with E-state index in [2.05, 4.69) is 20.9 Å². The minimum atomic E-state index is -0.234. The first-order chi connectivity index (χ1) is 12.0. The lowest BCUT2D eigenvalue weighted by atomic mass is 10.2. The van der Waals surface area contributed by atoms with Gasteiger partial charge in [-0.3, -0.25) is 4.79 Å². The molecule has 4 nitrogen and oxygen atoms in total. The Morgan fingerprint density at radius 2 is 1.72 bits per heavy atom. The van der Waals surface area contributed by atoms with E-state index in [1.165, 1.54) is 17.3 Å². The second kappa shape index (κ2) is 7.45. The highest BCUT2D eigenvalue weighted by atomic mass is 79.9. The second-order valence-corrected chi connectivity index (χ2v) is 7.31. The smallest absolute Gasteiger partial charge is 0.284 e. The predicted molar refractivity (Wildman–Crippen MR) is 106 cm³/mol. The van der Waals surface area contributed by atoms with Crippen LogP contribution in [-0.2, 0) is 4.79 Å². The summed E-state index contributed by atoms with van der Waals surface area (Å²) in [5, 5.41) is 0.716. The highest BCUT2D eigenvalue weighted by Crippen LogP contribution is 2.37. The van der Waals surface area contributed by atoms with E-state index in [4.69, 9.17) is 9.47 Å². The van der Waals surface area contributed by atoms with Gasteiger partial charge in [0.25, 0.3) is 5.91 Å². The fourth-order valence-corrected chi connectivity index (χ4v) is 3.70. The van der Waals surface area contributed by atoms with E-state index in [0.717, 1.165) is 15.6 Å². The first-order valence-electron chi connectivity index (χ1n) is 7.53. The van der Waals surface area contributed by atoms with Crippen molar-refractivity contribution in [3.05, 3.63) is 62.5 Å². The molecule has 0 saturated carbocycles. The number of benzene rings is 2. The quantitative estimate of drug-likeness (QED) is 0.667. The fraction of sp³-hybridized carbons (Fsp3) is 0.158. The first kappa shape index (κ1) is 17.8. The van der Waals surface area contributed by atoms with Crippen molar-refractivity contribution < 1.29 is 14.3 Å². The topological polar surface area (TPSA) is 47.9 Å². The molecule has 0 fully saturated rings. The molecule has 2 aromatic carbocycles. The van der Waals surface area contributed by atoms with E-state index in [0.29, 0.717) is 21.4 Å². The third kappa shape index (κ3) is 3.80. The number of carbonyl (C=O) groups is 1. The molecule has 1 amide bonds. The average Bonchev–Trinajstić information content (AvgIpc) is 2.97. The molecule has 0 aromatic heterocycles. The van der Waals surface area contributed by atoms with Gasteiger partial charge in [-0.1, -0.05) is 57.5 Å². The van der Waals surface area contributed by atoms with Gasteiger partial charge in [-0.05, 0) is 30.7 Å². The lowest BCUT2D eigenvalue weighted by molar-refractivity contribution is -0.113. The Morgan fingerprint density at radius 3 is 2.36 bits per heavy atom. The fourth-order valence-electron chi connectivity index (χ4n) is 2.35. The molecule has 0 radical (unpaired) electrons. The SMILES string of the molecule is COc1cc(Br)c(/C=C2\SC(c3ccc(C)cc3)=NC2=O)cc1OC. The number of rotatable bonds is 4. The maximum absolute atomic E-state index is 12.3. The number of aliphatic imine (C=N–C) groups is 1. The Morgan fingerprint density at radius 1 is 1.08 bits per heavy atom. The van der Waals surface area contributed by atoms with Gasteiger partial charge in [0.1, 0.15) is 5.04 Å². The zero-order valence-corrected chi connectivity index (χ0v) is 16.4. The lowest BCUT2D eigenvalue weighted by Gasteiger charge is -2.10. The van der Waals surface area contributed by atoms with Crippen LogP contribution in [0.1, 0.15) is 16.7 Å². The molecule has 25 heavy (non-hydrogen) atoms. The van der Waals surface area contributed by atoms with Crippen LogP contribution in [0.2, 0.25) is 0 Å². The van der Waals surface area contributed by atoms with Gasteiger partial charge in [0.2, 0.25) is 0 Å². The largest absolute Gasteiger partial charge is 0.493 e.